The molecule has 0 bridgehead atoms. The molecule has 0 aliphatic carbocycles. The molecule has 0 unspecified atom stereocenters. The number of pyridine rings is 1. The molecule has 0 saturated carbocycles. The predicted octanol–water partition coefficient (Wildman–Crippen LogP) is 1.66. The zero-order valence-corrected chi connectivity index (χ0v) is 6.00. The summed E-state index contributed by atoms with van der Waals surface area (Å²) >= 11 is 0. The minimum Gasteiger partial charge on any atom is -0.478 e. The molecule has 0 aliphatic rings. The Kier molecular flexibility index (Phi) is 2.26. The lowest BCUT2D eigenvalue weighted by atomic mass is 10.3. The molecular formula is C8H10NO. The standard InChI is InChI=1S/C8H10NO/c1-3-10-8-7(2)5-4-6-9-8/h4-6H,2-3H2,1H3. The highest BCUT2D eigenvalue weighted by Crippen LogP contribution is 2.11. The van der Waals surface area contributed by atoms with Crippen LogP contribution in [0, 0.1) is 6.92 Å². The second kappa shape index (κ2) is 3.20. The summed E-state index contributed by atoms with van der Waals surface area (Å²) in [6.45, 7) is 6.31. The number of aromatic nitrogens is 1. The van der Waals surface area contributed by atoms with Gasteiger partial charge in [0.05, 0.1) is 6.61 Å². The summed E-state index contributed by atoms with van der Waals surface area (Å²) in [7, 11) is 0. The van der Waals surface area contributed by atoms with Gasteiger partial charge in [-0.15, -0.1) is 0 Å². The third-order valence-electron chi connectivity index (χ3n) is 1.13. The van der Waals surface area contributed by atoms with Gasteiger partial charge in [0.25, 0.3) is 0 Å². The molecule has 1 radical (unpaired) electrons. The molecule has 0 spiro atoms. The van der Waals surface area contributed by atoms with Crippen LogP contribution in [0.2, 0.25) is 0 Å². The molecule has 10 heavy (non-hydrogen) atoms. The lowest BCUT2D eigenvalue weighted by Crippen LogP contribution is -1.95. The van der Waals surface area contributed by atoms with E-state index in [4.69, 9.17) is 4.74 Å². The van der Waals surface area contributed by atoms with Gasteiger partial charge in [0.2, 0.25) is 5.88 Å². The maximum atomic E-state index is 5.16. The van der Waals surface area contributed by atoms with Crippen LogP contribution in [-0.2, 0) is 0 Å². The fourth-order valence-electron chi connectivity index (χ4n) is 0.691. The first-order chi connectivity index (χ1) is 4.84. The van der Waals surface area contributed by atoms with Gasteiger partial charge in [0, 0.05) is 11.8 Å². The monoisotopic (exact) mass is 136 g/mol. The summed E-state index contributed by atoms with van der Waals surface area (Å²) in [6, 6.07) is 3.71. The molecule has 0 atom stereocenters. The molecule has 1 rings (SSSR count). The molecular weight excluding hydrogens is 126 g/mol. The van der Waals surface area contributed by atoms with Crippen LogP contribution in [0.5, 0.6) is 5.88 Å². The zero-order valence-electron chi connectivity index (χ0n) is 6.00. The van der Waals surface area contributed by atoms with Crippen LogP contribution in [0.1, 0.15) is 12.5 Å². The molecule has 2 nitrogen and oxygen atoms in total. The fourth-order valence-corrected chi connectivity index (χ4v) is 0.691. The summed E-state index contributed by atoms with van der Waals surface area (Å²) in [6.07, 6.45) is 1.69. The van der Waals surface area contributed by atoms with E-state index in [9.17, 15) is 0 Å². The van der Waals surface area contributed by atoms with Crippen molar-refractivity contribution in [2.24, 2.45) is 0 Å². The van der Waals surface area contributed by atoms with E-state index in [1.165, 1.54) is 0 Å². The van der Waals surface area contributed by atoms with E-state index in [-0.39, 0.29) is 0 Å². The van der Waals surface area contributed by atoms with Crippen LogP contribution in [0.15, 0.2) is 18.3 Å². The largest absolute Gasteiger partial charge is 0.478 e. The topological polar surface area (TPSA) is 22.1 Å². The number of rotatable bonds is 2. The lowest BCUT2D eigenvalue weighted by Gasteiger charge is -2.02. The van der Waals surface area contributed by atoms with E-state index in [0.717, 1.165) is 5.56 Å². The summed E-state index contributed by atoms with van der Waals surface area (Å²) in [5, 5.41) is 0. The second-order valence-electron chi connectivity index (χ2n) is 1.90. The second-order valence-corrected chi connectivity index (χ2v) is 1.90. The first kappa shape index (κ1) is 7.06. The predicted molar refractivity (Wildman–Crippen MR) is 39.9 cm³/mol. The Morgan fingerprint density at radius 1 is 1.70 bits per heavy atom. The average Bonchev–Trinajstić information content (AvgIpc) is 1.94. The van der Waals surface area contributed by atoms with E-state index in [1.54, 1.807) is 6.20 Å². The molecule has 1 aromatic rings. The molecule has 0 aliphatic heterocycles. The van der Waals surface area contributed by atoms with Crippen molar-refractivity contribution in [2.75, 3.05) is 6.61 Å². The van der Waals surface area contributed by atoms with E-state index in [2.05, 4.69) is 11.9 Å². The Bertz CT molecular complexity index is 210. The van der Waals surface area contributed by atoms with Gasteiger partial charge >= 0.3 is 0 Å². The van der Waals surface area contributed by atoms with Crippen molar-refractivity contribution in [3.63, 3.8) is 0 Å². The number of ether oxygens (including phenoxy) is 1. The number of hydrogen-bond acceptors (Lipinski definition) is 2. The molecule has 2 heteroatoms. The first-order valence-electron chi connectivity index (χ1n) is 3.24. The molecule has 0 amide bonds. The molecule has 0 fully saturated rings. The van der Waals surface area contributed by atoms with E-state index >= 15 is 0 Å². The molecule has 53 valence electrons. The minimum atomic E-state index is 0.630. The highest BCUT2D eigenvalue weighted by molar-refractivity contribution is 5.27. The smallest absolute Gasteiger partial charge is 0.216 e. The van der Waals surface area contributed by atoms with Gasteiger partial charge < -0.3 is 4.74 Å². The van der Waals surface area contributed by atoms with Crippen LogP contribution in [-0.4, -0.2) is 11.6 Å². The van der Waals surface area contributed by atoms with Crippen molar-refractivity contribution in [1.82, 2.24) is 4.98 Å². The summed E-state index contributed by atoms with van der Waals surface area (Å²) in [5.41, 5.74) is 0.837. The maximum absolute atomic E-state index is 5.16. The highest BCUT2D eigenvalue weighted by atomic mass is 16.5. The fraction of sp³-hybridized carbons (Fsp3) is 0.250. The van der Waals surface area contributed by atoms with Gasteiger partial charge in [0.15, 0.2) is 0 Å². The van der Waals surface area contributed by atoms with Crippen molar-refractivity contribution in [2.45, 2.75) is 6.92 Å². The van der Waals surface area contributed by atoms with Crippen molar-refractivity contribution in [3.8, 4) is 5.88 Å². The Hall–Kier alpha value is -1.05. The van der Waals surface area contributed by atoms with Crippen LogP contribution >= 0.6 is 0 Å². The van der Waals surface area contributed by atoms with Crippen LogP contribution in [0.4, 0.5) is 0 Å². The number of nitrogens with zero attached hydrogens (tertiary/aromatic N) is 1. The van der Waals surface area contributed by atoms with Gasteiger partial charge in [-0.2, -0.15) is 0 Å². The quantitative estimate of drug-likeness (QED) is 0.616. The third kappa shape index (κ3) is 1.47. The first-order valence-corrected chi connectivity index (χ1v) is 3.24. The van der Waals surface area contributed by atoms with Crippen molar-refractivity contribution in [1.29, 1.82) is 0 Å². The minimum absolute atomic E-state index is 0.630. The van der Waals surface area contributed by atoms with E-state index in [1.807, 2.05) is 19.1 Å². The van der Waals surface area contributed by atoms with Gasteiger partial charge in [-0.1, -0.05) is 6.07 Å². The third-order valence-corrected chi connectivity index (χ3v) is 1.13. The van der Waals surface area contributed by atoms with E-state index in [0.29, 0.717) is 12.5 Å². The van der Waals surface area contributed by atoms with Gasteiger partial charge in [-0.3, -0.25) is 0 Å². The molecule has 0 N–H and O–H groups in total. The van der Waals surface area contributed by atoms with Gasteiger partial charge in [-0.05, 0) is 19.9 Å². The van der Waals surface area contributed by atoms with Crippen LogP contribution < -0.4 is 4.74 Å². The average molecular weight is 136 g/mol. The normalized spacial score (nSPS) is 9.40. The van der Waals surface area contributed by atoms with Crippen LogP contribution in [0.25, 0.3) is 0 Å². The summed E-state index contributed by atoms with van der Waals surface area (Å²) < 4.78 is 5.16. The summed E-state index contributed by atoms with van der Waals surface area (Å²) in [4.78, 5) is 3.98. The van der Waals surface area contributed by atoms with Gasteiger partial charge in [-0.25, -0.2) is 4.98 Å². The Labute approximate surface area is 60.9 Å². The van der Waals surface area contributed by atoms with Crippen molar-refractivity contribution in [3.05, 3.63) is 30.8 Å². The Balaban J connectivity index is 2.81. The van der Waals surface area contributed by atoms with E-state index < -0.39 is 0 Å². The Morgan fingerprint density at radius 3 is 3.10 bits per heavy atom. The lowest BCUT2D eigenvalue weighted by molar-refractivity contribution is 0.325. The molecule has 0 saturated heterocycles. The number of hydrogen-bond donors (Lipinski definition) is 0. The van der Waals surface area contributed by atoms with Crippen LogP contribution in [0.3, 0.4) is 0 Å². The Morgan fingerprint density at radius 2 is 2.50 bits per heavy atom. The SMILES string of the molecule is [CH2]c1cccnc1OCC. The maximum Gasteiger partial charge on any atom is 0.216 e. The summed E-state index contributed by atoms with van der Waals surface area (Å²) in [5.74, 6) is 0.630. The highest BCUT2D eigenvalue weighted by Gasteiger charge is 1.95. The van der Waals surface area contributed by atoms with Crippen molar-refractivity contribution < 1.29 is 4.74 Å². The zero-order chi connectivity index (χ0) is 7.40. The van der Waals surface area contributed by atoms with Crippen molar-refractivity contribution >= 4 is 0 Å². The molecule has 0 aromatic carbocycles. The molecule has 1 heterocycles. The van der Waals surface area contributed by atoms with Gasteiger partial charge in [0.1, 0.15) is 0 Å². The molecule has 1 aromatic heterocycles.